The molecule has 2 rings (SSSR count). The number of fused-ring (bicyclic) bond motifs is 1. The standard InChI is InChI=1S/C11H11F2N3/c1-2-3-9-15-10-7(11(14)16-9)4-6(12)5-8(10)13/h4-5H,2-3H2,1H3,(H2,14,15,16). The molecule has 1 aromatic carbocycles. The summed E-state index contributed by atoms with van der Waals surface area (Å²) >= 11 is 0. The van der Waals surface area contributed by atoms with Gasteiger partial charge in [-0.05, 0) is 12.5 Å². The summed E-state index contributed by atoms with van der Waals surface area (Å²) in [6.45, 7) is 1.96. The number of hydrogen-bond acceptors (Lipinski definition) is 3. The van der Waals surface area contributed by atoms with E-state index in [9.17, 15) is 8.78 Å². The smallest absolute Gasteiger partial charge is 0.152 e. The second kappa shape index (κ2) is 4.00. The summed E-state index contributed by atoms with van der Waals surface area (Å²) in [4.78, 5) is 8.04. The first-order valence-electron chi connectivity index (χ1n) is 5.03. The second-order valence-corrected chi connectivity index (χ2v) is 3.56. The maximum atomic E-state index is 13.5. The Morgan fingerprint density at radius 1 is 1.25 bits per heavy atom. The van der Waals surface area contributed by atoms with Crippen molar-refractivity contribution in [3.63, 3.8) is 0 Å². The molecule has 0 atom stereocenters. The molecular weight excluding hydrogens is 212 g/mol. The predicted octanol–water partition coefficient (Wildman–Crippen LogP) is 2.44. The van der Waals surface area contributed by atoms with Gasteiger partial charge in [0, 0.05) is 17.9 Å². The zero-order valence-corrected chi connectivity index (χ0v) is 8.80. The van der Waals surface area contributed by atoms with Crippen LogP contribution in [0.15, 0.2) is 12.1 Å². The van der Waals surface area contributed by atoms with E-state index in [-0.39, 0.29) is 16.7 Å². The number of benzene rings is 1. The summed E-state index contributed by atoms with van der Waals surface area (Å²) in [5.41, 5.74) is 5.72. The number of aryl methyl sites for hydroxylation is 1. The molecule has 2 N–H and O–H groups in total. The van der Waals surface area contributed by atoms with Crippen molar-refractivity contribution in [1.29, 1.82) is 0 Å². The first kappa shape index (κ1) is 10.7. The molecule has 0 aliphatic heterocycles. The molecule has 5 heteroatoms. The van der Waals surface area contributed by atoms with E-state index in [1.807, 2.05) is 6.92 Å². The van der Waals surface area contributed by atoms with Gasteiger partial charge in [-0.3, -0.25) is 0 Å². The molecule has 0 bridgehead atoms. The molecule has 3 nitrogen and oxygen atoms in total. The van der Waals surface area contributed by atoms with Crippen molar-refractivity contribution in [2.75, 3.05) is 5.73 Å². The van der Waals surface area contributed by atoms with Gasteiger partial charge in [0.1, 0.15) is 23.0 Å². The monoisotopic (exact) mass is 223 g/mol. The number of nitrogens with zero attached hydrogens (tertiary/aromatic N) is 2. The maximum Gasteiger partial charge on any atom is 0.152 e. The molecule has 0 saturated heterocycles. The third-order valence-corrected chi connectivity index (χ3v) is 2.27. The van der Waals surface area contributed by atoms with E-state index in [2.05, 4.69) is 9.97 Å². The van der Waals surface area contributed by atoms with Crippen LogP contribution in [0.25, 0.3) is 10.9 Å². The van der Waals surface area contributed by atoms with Gasteiger partial charge in [-0.1, -0.05) is 6.92 Å². The number of nitrogen functional groups attached to an aromatic ring is 1. The van der Waals surface area contributed by atoms with Crippen LogP contribution in [0.1, 0.15) is 19.2 Å². The highest BCUT2D eigenvalue weighted by Crippen LogP contribution is 2.22. The zero-order valence-electron chi connectivity index (χ0n) is 8.80. The van der Waals surface area contributed by atoms with Crippen LogP contribution in [0.4, 0.5) is 14.6 Å². The lowest BCUT2D eigenvalue weighted by Crippen LogP contribution is -2.02. The molecular formula is C11H11F2N3. The quantitative estimate of drug-likeness (QED) is 0.850. The van der Waals surface area contributed by atoms with Crippen molar-refractivity contribution in [1.82, 2.24) is 9.97 Å². The fourth-order valence-electron chi connectivity index (χ4n) is 1.56. The third kappa shape index (κ3) is 1.80. The van der Waals surface area contributed by atoms with Crippen molar-refractivity contribution in [3.8, 4) is 0 Å². The Morgan fingerprint density at radius 3 is 2.69 bits per heavy atom. The number of rotatable bonds is 2. The van der Waals surface area contributed by atoms with E-state index < -0.39 is 11.6 Å². The number of nitrogens with two attached hydrogens (primary N) is 1. The third-order valence-electron chi connectivity index (χ3n) is 2.27. The average Bonchev–Trinajstić information content (AvgIpc) is 2.20. The maximum absolute atomic E-state index is 13.5. The minimum Gasteiger partial charge on any atom is -0.383 e. The van der Waals surface area contributed by atoms with Crippen LogP contribution < -0.4 is 5.73 Å². The average molecular weight is 223 g/mol. The summed E-state index contributed by atoms with van der Waals surface area (Å²) in [7, 11) is 0. The van der Waals surface area contributed by atoms with Crippen LogP contribution in [-0.2, 0) is 6.42 Å². The molecule has 1 aromatic heterocycles. The first-order chi connectivity index (χ1) is 7.61. The first-order valence-corrected chi connectivity index (χ1v) is 5.03. The second-order valence-electron chi connectivity index (χ2n) is 3.56. The van der Waals surface area contributed by atoms with E-state index in [1.165, 1.54) is 0 Å². The lowest BCUT2D eigenvalue weighted by molar-refractivity contribution is 0.589. The molecule has 0 radical (unpaired) electrons. The molecule has 1 heterocycles. The van der Waals surface area contributed by atoms with E-state index in [0.717, 1.165) is 18.6 Å². The normalized spacial score (nSPS) is 10.9. The molecule has 16 heavy (non-hydrogen) atoms. The van der Waals surface area contributed by atoms with Gasteiger partial charge in [0.2, 0.25) is 0 Å². The van der Waals surface area contributed by atoms with Gasteiger partial charge in [0.25, 0.3) is 0 Å². The molecule has 84 valence electrons. The van der Waals surface area contributed by atoms with Crippen LogP contribution >= 0.6 is 0 Å². The predicted molar refractivity (Wildman–Crippen MR) is 57.9 cm³/mol. The van der Waals surface area contributed by atoms with Crippen LogP contribution in [-0.4, -0.2) is 9.97 Å². The largest absolute Gasteiger partial charge is 0.383 e. The Bertz CT molecular complexity index is 540. The Hall–Kier alpha value is -1.78. The minimum atomic E-state index is -0.707. The van der Waals surface area contributed by atoms with Crippen LogP contribution in [0, 0.1) is 11.6 Å². The summed E-state index contributed by atoms with van der Waals surface area (Å²) in [5, 5.41) is 0.220. The summed E-state index contributed by atoms with van der Waals surface area (Å²) < 4.78 is 26.4. The van der Waals surface area contributed by atoms with Gasteiger partial charge in [-0.25, -0.2) is 18.7 Å². The number of halogens is 2. The highest BCUT2D eigenvalue weighted by molar-refractivity contribution is 5.88. The molecule has 0 unspecified atom stereocenters. The number of aromatic nitrogens is 2. The summed E-state index contributed by atoms with van der Waals surface area (Å²) in [6.07, 6.45) is 1.46. The van der Waals surface area contributed by atoms with Crippen LogP contribution in [0.5, 0.6) is 0 Å². The van der Waals surface area contributed by atoms with Crippen LogP contribution in [0.2, 0.25) is 0 Å². The topological polar surface area (TPSA) is 51.8 Å². The SMILES string of the molecule is CCCc1nc(N)c2cc(F)cc(F)c2n1. The van der Waals surface area contributed by atoms with Gasteiger partial charge in [-0.2, -0.15) is 0 Å². The fraction of sp³-hybridized carbons (Fsp3) is 0.273. The zero-order chi connectivity index (χ0) is 11.7. The highest BCUT2D eigenvalue weighted by atomic mass is 19.1. The number of hydrogen-bond donors (Lipinski definition) is 1. The molecule has 0 aliphatic carbocycles. The molecule has 0 amide bonds. The van der Waals surface area contributed by atoms with Gasteiger partial charge < -0.3 is 5.73 Å². The fourth-order valence-corrected chi connectivity index (χ4v) is 1.56. The van der Waals surface area contributed by atoms with E-state index in [0.29, 0.717) is 12.2 Å². The summed E-state index contributed by atoms with van der Waals surface area (Å²) in [5.74, 6) is -0.783. The molecule has 0 saturated carbocycles. The minimum absolute atomic E-state index is 0.0809. The Kier molecular flexibility index (Phi) is 2.68. The molecule has 2 aromatic rings. The highest BCUT2D eigenvalue weighted by Gasteiger charge is 2.10. The van der Waals surface area contributed by atoms with Crippen molar-refractivity contribution in [2.45, 2.75) is 19.8 Å². The van der Waals surface area contributed by atoms with E-state index in [4.69, 9.17) is 5.73 Å². The lowest BCUT2D eigenvalue weighted by atomic mass is 10.2. The molecule has 0 fully saturated rings. The van der Waals surface area contributed by atoms with Gasteiger partial charge >= 0.3 is 0 Å². The van der Waals surface area contributed by atoms with Crippen LogP contribution in [0.3, 0.4) is 0 Å². The molecule has 0 aliphatic rings. The van der Waals surface area contributed by atoms with Crippen molar-refractivity contribution in [2.24, 2.45) is 0 Å². The van der Waals surface area contributed by atoms with Gasteiger partial charge in [0.05, 0.1) is 0 Å². The Balaban J connectivity index is 2.71. The van der Waals surface area contributed by atoms with Crippen molar-refractivity contribution >= 4 is 16.7 Å². The van der Waals surface area contributed by atoms with Gasteiger partial charge in [0.15, 0.2) is 5.82 Å². The molecule has 0 spiro atoms. The van der Waals surface area contributed by atoms with E-state index >= 15 is 0 Å². The van der Waals surface area contributed by atoms with Crippen molar-refractivity contribution < 1.29 is 8.78 Å². The van der Waals surface area contributed by atoms with Crippen molar-refractivity contribution in [3.05, 3.63) is 29.6 Å². The summed E-state index contributed by atoms with van der Waals surface area (Å²) in [6, 6.07) is 1.94. The number of anilines is 1. The van der Waals surface area contributed by atoms with Gasteiger partial charge in [-0.15, -0.1) is 0 Å². The lowest BCUT2D eigenvalue weighted by Gasteiger charge is -2.05. The Labute approximate surface area is 91.3 Å². The van der Waals surface area contributed by atoms with E-state index in [1.54, 1.807) is 0 Å². The Morgan fingerprint density at radius 2 is 2.00 bits per heavy atom.